The summed E-state index contributed by atoms with van der Waals surface area (Å²) in [5, 5.41) is 2.80. The Balaban J connectivity index is 2.43. The molecule has 0 heterocycles. The lowest BCUT2D eigenvalue weighted by molar-refractivity contribution is -0.139. The van der Waals surface area contributed by atoms with E-state index in [4.69, 9.17) is 5.73 Å². The highest BCUT2D eigenvalue weighted by Gasteiger charge is 2.29. The van der Waals surface area contributed by atoms with E-state index in [9.17, 15) is 13.2 Å². The number of hydrogen-bond acceptors (Lipinski definition) is 2. The Hall–Kier alpha value is -1.23. The summed E-state index contributed by atoms with van der Waals surface area (Å²) in [6.07, 6.45) is -4.96. The lowest BCUT2D eigenvalue weighted by Gasteiger charge is -2.16. The van der Waals surface area contributed by atoms with Crippen molar-refractivity contribution in [2.24, 2.45) is 0 Å². The maximum absolute atomic E-state index is 12.0. The third-order valence-electron chi connectivity index (χ3n) is 2.23. The summed E-state index contributed by atoms with van der Waals surface area (Å²) < 4.78 is 36.1. The first-order valence-corrected chi connectivity index (χ1v) is 5.02. The van der Waals surface area contributed by atoms with Crippen LogP contribution in [0.15, 0.2) is 24.3 Å². The molecule has 1 aromatic rings. The number of para-hydroxylation sites is 1. The van der Waals surface area contributed by atoms with E-state index in [-0.39, 0.29) is 0 Å². The molecule has 3 N–H and O–H groups in total. The summed E-state index contributed by atoms with van der Waals surface area (Å²) in [4.78, 5) is 0. The zero-order chi connectivity index (χ0) is 12.2. The smallest absolute Gasteiger partial charge is 0.390 e. The van der Waals surface area contributed by atoms with Crippen LogP contribution in [0.3, 0.4) is 0 Å². The van der Waals surface area contributed by atoms with Gasteiger partial charge in [0.05, 0.1) is 6.42 Å². The van der Waals surface area contributed by atoms with Crippen molar-refractivity contribution in [1.29, 1.82) is 0 Å². The molecule has 0 aliphatic rings. The van der Waals surface area contributed by atoms with Crippen LogP contribution in [0.4, 0.5) is 18.9 Å². The third-order valence-corrected chi connectivity index (χ3v) is 2.23. The molecule has 1 atom stereocenters. The molecule has 2 nitrogen and oxygen atoms in total. The summed E-state index contributed by atoms with van der Waals surface area (Å²) in [7, 11) is 0. The number of hydrogen-bond donors (Lipinski definition) is 2. The molecule has 0 saturated heterocycles. The molecule has 1 aromatic carbocycles. The number of halogens is 3. The minimum atomic E-state index is -4.13. The minimum absolute atomic E-state index is 0.351. The van der Waals surface area contributed by atoms with Crippen molar-refractivity contribution in [2.75, 3.05) is 5.73 Å². The van der Waals surface area contributed by atoms with E-state index in [1.807, 2.05) is 6.07 Å². The second kappa shape index (κ2) is 5.21. The average molecular weight is 232 g/mol. The zero-order valence-electron chi connectivity index (χ0n) is 9.01. The fourth-order valence-electron chi connectivity index (χ4n) is 1.40. The first kappa shape index (κ1) is 12.8. The molecule has 16 heavy (non-hydrogen) atoms. The molecule has 0 radical (unpaired) electrons. The molecule has 0 saturated carbocycles. The number of nitrogens with one attached hydrogen (secondary N) is 1. The molecule has 0 aliphatic carbocycles. The summed E-state index contributed by atoms with van der Waals surface area (Å²) in [6.45, 7) is 1.86. The summed E-state index contributed by atoms with van der Waals surface area (Å²) in [6, 6.07) is 6.51. The van der Waals surface area contributed by atoms with Gasteiger partial charge in [-0.3, -0.25) is 0 Å². The number of alkyl halides is 3. The van der Waals surface area contributed by atoms with E-state index >= 15 is 0 Å². The molecular formula is C11H15F3N2. The van der Waals surface area contributed by atoms with Gasteiger partial charge >= 0.3 is 6.18 Å². The Bertz CT molecular complexity index is 336. The largest absolute Gasteiger partial charge is 0.398 e. The summed E-state index contributed by atoms with van der Waals surface area (Å²) >= 11 is 0. The fraction of sp³-hybridized carbons (Fsp3) is 0.455. The van der Waals surface area contributed by atoms with Gasteiger partial charge in [0.15, 0.2) is 0 Å². The van der Waals surface area contributed by atoms with Crippen LogP contribution in [0.2, 0.25) is 0 Å². The van der Waals surface area contributed by atoms with Gasteiger partial charge in [-0.2, -0.15) is 13.2 Å². The molecular weight excluding hydrogens is 217 g/mol. The van der Waals surface area contributed by atoms with Gasteiger partial charge in [-0.25, -0.2) is 0 Å². The predicted molar refractivity (Wildman–Crippen MR) is 57.8 cm³/mol. The van der Waals surface area contributed by atoms with Crippen LogP contribution in [0.1, 0.15) is 18.9 Å². The van der Waals surface area contributed by atoms with Crippen LogP contribution in [0.25, 0.3) is 0 Å². The van der Waals surface area contributed by atoms with Crippen LogP contribution < -0.4 is 11.1 Å². The number of nitrogens with two attached hydrogens (primary N) is 1. The summed E-state index contributed by atoms with van der Waals surface area (Å²) in [5.41, 5.74) is 7.08. The molecule has 0 amide bonds. The van der Waals surface area contributed by atoms with Crippen LogP contribution in [0, 0.1) is 0 Å². The Morgan fingerprint density at radius 1 is 1.31 bits per heavy atom. The zero-order valence-corrected chi connectivity index (χ0v) is 9.01. The molecule has 1 unspecified atom stereocenters. The molecule has 0 bridgehead atoms. The molecule has 0 aromatic heterocycles. The molecule has 0 aliphatic heterocycles. The standard InChI is InChI=1S/C11H15F3N2/c1-8(6-11(12,13)14)16-7-9-4-2-3-5-10(9)15/h2-5,8,16H,6-7,15H2,1H3. The summed E-state index contributed by atoms with van der Waals surface area (Å²) in [5.74, 6) is 0. The Kier molecular flexibility index (Phi) is 4.18. The third kappa shape index (κ3) is 4.53. The minimum Gasteiger partial charge on any atom is -0.398 e. The van der Waals surface area contributed by atoms with Gasteiger partial charge in [-0.1, -0.05) is 18.2 Å². The van der Waals surface area contributed by atoms with Gasteiger partial charge in [-0.15, -0.1) is 0 Å². The number of rotatable bonds is 4. The highest BCUT2D eigenvalue weighted by atomic mass is 19.4. The van der Waals surface area contributed by atoms with Crippen LogP contribution in [0.5, 0.6) is 0 Å². The molecule has 0 spiro atoms. The first-order valence-electron chi connectivity index (χ1n) is 5.02. The maximum Gasteiger partial charge on any atom is 0.390 e. The van der Waals surface area contributed by atoms with Crippen LogP contribution >= 0.6 is 0 Å². The normalized spacial score (nSPS) is 13.8. The second-order valence-electron chi connectivity index (χ2n) is 3.80. The van der Waals surface area contributed by atoms with E-state index in [1.165, 1.54) is 6.92 Å². The molecule has 1 rings (SSSR count). The van der Waals surface area contributed by atoms with Gasteiger partial charge in [0.1, 0.15) is 0 Å². The highest BCUT2D eigenvalue weighted by molar-refractivity contribution is 5.46. The molecule has 0 fully saturated rings. The number of nitrogen functional groups attached to an aromatic ring is 1. The molecule has 90 valence electrons. The van der Waals surface area contributed by atoms with E-state index < -0.39 is 18.6 Å². The van der Waals surface area contributed by atoms with Crippen molar-refractivity contribution in [3.05, 3.63) is 29.8 Å². The Morgan fingerprint density at radius 3 is 2.50 bits per heavy atom. The quantitative estimate of drug-likeness (QED) is 0.783. The maximum atomic E-state index is 12.0. The van der Waals surface area contributed by atoms with Crippen molar-refractivity contribution in [2.45, 2.75) is 32.1 Å². The van der Waals surface area contributed by atoms with Gasteiger partial charge in [-0.05, 0) is 18.6 Å². The van der Waals surface area contributed by atoms with Crippen molar-refractivity contribution < 1.29 is 13.2 Å². The van der Waals surface area contributed by atoms with Crippen LogP contribution in [-0.4, -0.2) is 12.2 Å². The SMILES string of the molecule is CC(CC(F)(F)F)NCc1ccccc1N. The second-order valence-corrected chi connectivity index (χ2v) is 3.80. The first-order chi connectivity index (χ1) is 7.38. The Morgan fingerprint density at radius 2 is 1.94 bits per heavy atom. The monoisotopic (exact) mass is 232 g/mol. The topological polar surface area (TPSA) is 38.0 Å². The lowest BCUT2D eigenvalue weighted by Crippen LogP contribution is -2.30. The van der Waals surface area contributed by atoms with Crippen molar-refractivity contribution in [3.63, 3.8) is 0 Å². The van der Waals surface area contributed by atoms with E-state index in [2.05, 4.69) is 5.32 Å². The lowest BCUT2D eigenvalue weighted by atomic mass is 10.1. The van der Waals surface area contributed by atoms with E-state index in [0.717, 1.165) is 5.56 Å². The Labute approximate surface area is 92.6 Å². The van der Waals surface area contributed by atoms with Crippen molar-refractivity contribution in [1.82, 2.24) is 5.32 Å². The number of anilines is 1. The van der Waals surface area contributed by atoms with Gasteiger partial charge in [0.25, 0.3) is 0 Å². The van der Waals surface area contributed by atoms with Crippen molar-refractivity contribution >= 4 is 5.69 Å². The van der Waals surface area contributed by atoms with E-state index in [1.54, 1.807) is 18.2 Å². The van der Waals surface area contributed by atoms with E-state index in [0.29, 0.717) is 12.2 Å². The van der Waals surface area contributed by atoms with Crippen molar-refractivity contribution in [3.8, 4) is 0 Å². The fourth-order valence-corrected chi connectivity index (χ4v) is 1.40. The van der Waals surface area contributed by atoms with Gasteiger partial charge in [0, 0.05) is 18.3 Å². The highest BCUT2D eigenvalue weighted by Crippen LogP contribution is 2.21. The van der Waals surface area contributed by atoms with Gasteiger partial charge < -0.3 is 11.1 Å². The predicted octanol–water partition coefficient (Wildman–Crippen LogP) is 2.70. The molecule has 5 heteroatoms. The van der Waals surface area contributed by atoms with Gasteiger partial charge in [0.2, 0.25) is 0 Å². The van der Waals surface area contributed by atoms with Crippen LogP contribution in [-0.2, 0) is 6.54 Å². The average Bonchev–Trinajstić information content (AvgIpc) is 2.14. The number of benzene rings is 1.